The van der Waals surface area contributed by atoms with Gasteiger partial charge in [0.15, 0.2) is 0 Å². The Morgan fingerprint density at radius 1 is 1.39 bits per heavy atom. The maximum Gasteiger partial charge on any atom is 0.337 e. The zero-order valence-corrected chi connectivity index (χ0v) is 11.2. The third kappa shape index (κ3) is 2.91. The standard InChI is InChI=1S/C11H13BrN2O4/c12-9-5-8(11(16)17)6-14(9)7-10(15)13-1-3-18-4-2-13/h5-6H,1-4,7H2,(H,16,17). The van der Waals surface area contributed by atoms with Gasteiger partial charge in [0, 0.05) is 19.3 Å². The Hall–Kier alpha value is -1.34. The molecule has 0 spiro atoms. The molecule has 2 rings (SSSR count). The van der Waals surface area contributed by atoms with E-state index in [2.05, 4.69) is 15.9 Å². The molecule has 2 heterocycles. The van der Waals surface area contributed by atoms with E-state index in [0.29, 0.717) is 30.9 Å². The number of carboxylic acids is 1. The van der Waals surface area contributed by atoms with Crippen LogP contribution in [0.4, 0.5) is 0 Å². The van der Waals surface area contributed by atoms with Crippen LogP contribution < -0.4 is 0 Å². The van der Waals surface area contributed by atoms with Crippen LogP contribution >= 0.6 is 15.9 Å². The topological polar surface area (TPSA) is 71.8 Å². The van der Waals surface area contributed by atoms with E-state index >= 15 is 0 Å². The summed E-state index contributed by atoms with van der Waals surface area (Å²) in [6.07, 6.45) is 1.45. The summed E-state index contributed by atoms with van der Waals surface area (Å²) in [6.45, 7) is 2.42. The summed E-state index contributed by atoms with van der Waals surface area (Å²) in [6, 6.07) is 1.48. The average Bonchev–Trinajstić information content (AvgIpc) is 2.72. The van der Waals surface area contributed by atoms with Crippen molar-refractivity contribution >= 4 is 27.8 Å². The third-order valence-electron chi connectivity index (χ3n) is 2.76. The van der Waals surface area contributed by atoms with Crippen molar-refractivity contribution in [3.63, 3.8) is 0 Å². The summed E-state index contributed by atoms with van der Waals surface area (Å²) in [7, 11) is 0. The number of carboxylic acid groups (broad SMARTS) is 1. The first-order valence-corrected chi connectivity index (χ1v) is 6.31. The Labute approximate surface area is 112 Å². The van der Waals surface area contributed by atoms with Crippen LogP contribution in [0.2, 0.25) is 0 Å². The van der Waals surface area contributed by atoms with Gasteiger partial charge in [-0.2, -0.15) is 0 Å². The van der Waals surface area contributed by atoms with Gasteiger partial charge in [-0.3, -0.25) is 4.79 Å². The average molecular weight is 317 g/mol. The van der Waals surface area contributed by atoms with Crippen LogP contribution in [0.5, 0.6) is 0 Å². The molecule has 1 saturated heterocycles. The van der Waals surface area contributed by atoms with Crippen molar-refractivity contribution in [1.82, 2.24) is 9.47 Å². The predicted molar refractivity (Wildman–Crippen MR) is 66.5 cm³/mol. The van der Waals surface area contributed by atoms with Gasteiger partial charge in [0.2, 0.25) is 5.91 Å². The van der Waals surface area contributed by atoms with Crippen LogP contribution in [0.15, 0.2) is 16.9 Å². The SMILES string of the molecule is O=C(O)c1cc(Br)n(CC(=O)N2CCOCC2)c1. The zero-order chi connectivity index (χ0) is 13.1. The van der Waals surface area contributed by atoms with Crippen LogP contribution in [0.3, 0.4) is 0 Å². The summed E-state index contributed by atoms with van der Waals surface area (Å²) < 4.78 is 7.34. The Kier molecular flexibility index (Phi) is 4.03. The van der Waals surface area contributed by atoms with Crippen molar-refractivity contribution in [2.45, 2.75) is 6.54 Å². The number of aromatic carboxylic acids is 1. The highest BCUT2D eigenvalue weighted by atomic mass is 79.9. The number of aromatic nitrogens is 1. The molecular weight excluding hydrogens is 304 g/mol. The molecule has 1 N–H and O–H groups in total. The number of halogens is 1. The summed E-state index contributed by atoms with van der Waals surface area (Å²) in [5.41, 5.74) is 0.164. The first-order chi connectivity index (χ1) is 8.58. The van der Waals surface area contributed by atoms with Crippen LogP contribution in [0.25, 0.3) is 0 Å². The fourth-order valence-corrected chi connectivity index (χ4v) is 2.25. The van der Waals surface area contributed by atoms with E-state index < -0.39 is 5.97 Å². The highest BCUT2D eigenvalue weighted by molar-refractivity contribution is 9.10. The second-order valence-electron chi connectivity index (χ2n) is 3.98. The zero-order valence-electron chi connectivity index (χ0n) is 9.63. The van der Waals surface area contributed by atoms with E-state index in [1.54, 1.807) is 9.47 Å². The molecule has 0 unspecified atom stereocenters. The summed E-state index contributed by atoms with van der Waals surface area (Å²) in [5, 5.41) is 8.86. The second-order valence-corrected chi connectivity index (χ2v) is 4.79. The van der Waals surface area contributed by atoms with E-state index in [4.69, 9.17) is 9.84 Å². The Morgan fingerprint density at radius 2 is 2.06 bits per heavy atom. The molecule has 0 atom stereocenters. The molecule has 1 fully saturated rings. The van der Waals surface area contributed by atoms with Crippen LogP contribution in [-0.2, 0) is 16.1 Å². The number of ether oxygens (including phenoxy) is 1. The van der Waals surface area contributed by atoms with Crippen molar-refractivity contribution in [3.05, 3.63) is 22.4 Å². The smallest absolute Gasteiger partial charge is 0.337 e. The molecule has 98 valence electrons. The lowest BCUT2D eigenvalue weighted by Gasteiger charge is -2.27. The highest BCUT2D eigenvalue weighted by Crippen LogP contribution is 2.16. The summed E-state index contributed by atoms with van der Waals surface area (Å²) in [5.74, 6) is -1.04. The van der Waals surface area contributed by atoms with E-state index in [1.165, 1.54) is 12.3 Å². The molecule has 0 radical (unpaired) electrons. The van der Waals surface area contributed by atoms with Gasteiger partial charge in [-0.15, -0.1) is 0 Å². The molecule has 1 aliphatic rings. The predicted octanol–water partition coefficient (Wildman–Crippen LogP) is 0.808. The van der Waals surface area contributed by atoms with Gasteiger partial charge in [0.25, 0.3) is 0 Å². The molecule has 0 aliphatic carbocycles. The Balaban J connectivity index is 2.04. The van der Waals surface area contributed by atoms with E-state index in [0.717, 1.165) is 0 Å². The molecule has 1 amide bonds. The highest BCUT2D eigenvalue weighted by Gasteiger charge is 2.18. The molecule has 1 aromatic heterocycles. The van der Waals surface area contributed by atoms with E-state index in [1.807, 2.05) is 0 Å². The van der Waals surface area contributed by atoms with Crippen molar-refractivity contribution in [2.75, 3.05) is 26.3 Å². The molecule has 0 saturated carbocycles. The van der Waals surface area contributed by atoms with Gasteiger partial charge in [-0.25, -0.2) is 4.79 Å². The minimum Gasteiger partial charge on any atom is -0.478 e. The number of carbonyl (C=O) groups excluding carboxylic acids is 1. The molecule has 1 aromatic rings. The van der Waals surface area contributed by atoms with Crippen molar-refractivity contribution in [3.8, 4) is 0 Å². The first-order valence-electron chi connectivity index (χ1n) is 5.52. The number of rotatable bonds is 3. The minimum absolute atomic E-state index is 0.0356. The normalized spacial score (nSPS) is 15.7. The number of nitrogens with zero attached hydrogens (tertiary/aromatic N) is 2. The molecule has 1 aliphatic heterocycles. The van der Waals surface area contributed by atoms with Crippen LogP contribution in [-0.4, -0.2) is 52.8 Å². The van der Waals surface area contributed by atoms with Gasteiger partial charge in [0.05, 0.1) is 23.4 Å². The lowest BCUT2D eigenvalue weighted by molar-refractivity contribution is -0.135. The van der Waals surface area contributed by atoms with Gasteiger partial charge in [0.1, 0.15) is 6.54 Å². The van der Waals surface area contributed by atoms with Gasteiger partial charge >= 0.3 is 5.97 Å². The van der Waals surface area contributed by atoms with Crippen molar-refractivity contribution < 1.29 is 19.4 Å². The molecule has 18 heavy (non-hydrogen) atoms. The summed E-state index contributed by atoms with van der Waals surface area (Å²) >= 11 is 3.24. The largest absolute Gasteiger partial charge is 0.478 e. The maximum atomic E-state index is 12.0. The number of amides is 1. The number of morpholine rings is 1. The fraction of sp³-hybridized carbons (Fsp3) is 0.455. The summed E-state index contributed by atoms with van der Waals surface area (Å²) in [4.78, 5) is 24.5. The van der Waals surface area contributed by atoms with Gasteiger partial charge in [-0.1, -0.05) is 0 Å². The quantitative estimate of drug-likeness (QED) is 0.895. The maximum absolute atomic E-state index is 12.0. The Morgan fingerprint density at radius 3 is 2.61 bits per heavy atom. The van der Waals surface area contributed by atoms with Crippen LogP contribution in [0, 0.1) is 0 Å². The van der Waals surface area contributed by atoms with Crippen LogP contribution in [0.1, 0.15) is 10.4 Å². The van der Waals surface area contributed by atoms with E-state index in [-0.39, 0.29) is 18.0 Å². The Bertz CT molecular complexity index is 466. The van der Waals surface area contributed by atoms with E-state index in [9.17, 15) is 9.59 Å². The van der Waals surface area contributed by atoms with Gasteiger partial charge < -0.3 is 19.3 Å². The van der Waals surface area contributed by atoms with Crippen molar-refractivity contribution in [2.24, 2.45) is 0 Å². The number of carbonyl (C=O) groups is 2. The molecule has 0 aromatic carbocycles. The molecule has 0 bridgehead atoms. The fourth-order valence-electron chi connectivity index (χ4n) is 1.77. The second kappa shape index (κ2) is 5.53. The lowest BCUT2D eigenvalue weighted by Crippen LogP contribution is -2.42. The monoisotopic (exact) mass is 316 g/mol. The molecule has 7 heteroatoms. The molecule has 6 nitrogen and oxygen atoms in total. The van der Waals surface area contributed by atoms with Gasteiger partial charge in [-0.05, 0) is 22.0 Å². The lowest BCUT2D eigenvalue weighted by atomic mass is 10.3. The molecular formula is C11H13BrN2O4. The number of hydrogen-bond donors (Lipinski definition) is 1. The van der Waals surface area contributed by atoms with Crippen molar-refractivity contribution in [1.29, 1.82) is 0 Å². The third-order valence-corrected chi connectivity index (χ3v) is 3.44. The number of hydrogen-bond acceptors (Lipinski definition) is 3. The first kappa shape index (κ1) is 13.1. The minimum atomic E-state index is -1.01.